The molecule has 40 heavy (non-hydrogen) atoms. The van der Waals surface area contributed by atoms with Crippen LogP contribution in [-0.4, -0.2) is 70.3 Å². The van der Waals surface area contributed by atoms with Crippen LogP contribution in [0.1, 0.15) is 39.3 Å². The maximum Gasteiger partial charge on any atom is 0.260 e. The monoisotopic (exact) mass is 613 g/mol. The Bertz CT molecular complexity index is 1420. The second-order valence-electron chi connectivity index (χ2n) is 8.79. The van der Waals surface area contributed by atoms with Crippen molar-refractivity contribution in [2.45, 2.75) is 33.7 Å². The molecular formula is C27H32BrN7O5. The highest BCUT2D eigenvalue weighted by molar-refractivity contribution is 9.10. The Kier molecular flexibility index (Phi) is 9.25. The molecule has 1 unspecified atom stereocenters. The number of aromatic nitrogens is 4. The summed E-state index contributed by atoms with van der Waals surface area (Å²) in [4.78, 5) is 28.0. The summed E-state index contributed by atoms with van der Waals surface area (Å²) >= 11 is 3.57. The van der Waals surface area contributed by atoms with Crippen LogP contribution in [0.5, 0.6) is 17.2 Å². The second-order valence-corrected chi connectivity index (χ2v) is 9.64. The zero-order valence-corrected chi connectivity index (χ0v) is 24.6. The lowest BCUT2D eigenvalue weighted by molar-refractivity contribution is -0.133. The number of carbonyl (C=O) groups excluding carboxylic acids is 2. The van der Waals surface area contributed by atoms with Crippen LogP contribution in [-0.2, 0) is 9.59 Å². The number of likely N-dealkylation sites (N-methyl/N-ethyl adjacent to an activating group) is 1. The van der Waals surface area contributed by atoms with Crippen molar-refractivity contribution in [1.29, 1.82) is 0 Å². The molecule has 0 bridgehead atoms. The Morgan fingerprint density at radius 2 is 1.88 bits per heavy atom. The molecule has 2 amide bonds. The first-order valence-corrected chi connectivity index (χ1v) is 13.7. The number of hydrogen-bond donors (Lipinski definition) is 2. The molecule has 0 saturated heterocycles. The Labute approximate surface area is 240 Å². The quantitative estimate of drug-likeness (QED) is 0.329. The Balaban J connectivity index is 1.71. The number of hydrogen-bond acceptors (Lipinski definition) is 9. The van der Waals surface area contributed by atoms with Crippen LogP contribution < -0.4 is 24.8 Å². The third-order valence-electron chi connectivity index (χ3n) is 6.42. The molecule has 1 aliphatic heterocycles. The van der Waals surface area contributed by atoms with Gasteiger partial charge in [-0.2, -0.15) is 4.68 Å². The van der Waals surface area contributed by atoms with Gasteiger partial charge in [-0.3, -0.25) is 9.59 Å². The summed E-state index contributed by atoms with van der Waals surface area (Å²) in [6.07, 6.45) is 0. The summed E-state index contributed by atoms with van der Waals surface area (Å²) in [6, 6.07) is 10.1. The third-order valence-corrected chi connectivity index (χ3v) is 7.01. The van der Waals surface area contributed by atoms with Crippen molar-refractivity contribution in [1.82, 2.24) is 25.1 Å². The van der Waals surface area contributed by atoms with Gasteiger partial charge in [0.05, 0.1) is 29.4 Å². The lowest BCUT2D eigenvalue weighted by atomic mass is 9.94. The standard InChI is InChI=1S/C27H32BrN7O5/c1-6-34(7-2)22(36)15-40-25-18(28)13-17(14-21(25)38-5)24-23(16(4)29-27-31-32-33-35(24)27)26(37)30-19-11-9-10-12-20(19)39-8-3/h9-14,24H,6-8,15H2,1-5H3,(H,30,37)(H,29,31,33). The number of ether oxygens (including phenoxy) is 3. The van der Waals surface area contributed by atoms with Gasteiger partial charge in [0.25, 0.3) is 11.8 Å². The Hall–Kier alpha value is -4.13. The average molecular weight is 615 g/mol. The van der Waals surface area contributed by atoms with Crippen molar-refractivity contribution >= 4 is 39.4 Å². The second kappa shape index (κ2) is 12.8. The Morgan fingerprint density at radius 3 is 2.58 bits per heavy atom. The molecule has 2 aromatic carbocycles. The van der Waals surface area contributed by atoms with E-state index in [-0.39, 0.29) is 18.4 Å². The molecule has 2 N–H and O–H groups in total. The first-order valence-electron chi connectivity index (χ1n) is 12.9. The lowest BCUT2D eigenvalue weighted by Crippen LogP contribution is -2.34. The highest BCUT2D eigenvalue weighted by Crippen LogP contribution is 2.43. The third kappa shape index (κ3) is 5.88. The molecule has 12 nitrogen and oxygen atoms in total. The minimum absolute atomic E-state index is 0.135. The van der Waals surface area contributed by atoms with Crippen molar-refractivity contribution in [3.8, 4) is 17.2 Å². The van der Waals surface area contributed by atoms with Crippen LogP contribution in [0.4, 0.5) is 11.6 Å². The highest BCUT2D eigenvalue weighted by atomic mass is 79.9. The van der Waals surface area contributed by atoms with Gasteiger partial charge in [-0.05, 0) is 83.9 Å². The number of nitrogens with one attached hydrogen (secondary N) is 2. The molecule has 2 heterocycles. The highest BCUT2D eigenvalue weighted by Gasteiger charge is 2.35. The molecular weight excluding hydrogens is 582 g/mol. The smallest absolute Gasteiger partial charge is 0.260 e. The van der Waals surface area contributed by atoms with E-state index in [1.807, 2.05) is 32.9 Å². The van der Waals surface area contributed by atoms with Crippen molar-refractivity contribution in [3.05, 3.63) is 57.7 Å². The van der Waals surface area contributed by atoms with Gasteiger partial charge in [-0.15, -0.1) is 0 Å². The molecule has 0 fully saturated rings. The van der Waals surface area contributed by atoms with E-state index < -0.39 is 6.04 Å². The topological polar surface area (TPSA) is 133 Å². The molecule has 3 aromatic rings. The first-order chi connectivity index (χ1) is 19.3. The van der Waals surface area contributed by atoms with Gasteiger partial charge in [0.2, 0.25) is 5.95 Å². The van der Waals surface area contributed by atoms with E-state index in [1.165, 1.54) is 11.8 Å². The zero-order valence-electron chi connectivity index (χ0n) is 23.0. The zero-order chi connectivity index (χ0) is 28.8. The molecule has 0 saturated carbocycles. The van der Waals surface area contributed by atoms with Crippen LogP contribution in [0.25, 0.3) is 0 Å². The number of allylic oxidation sites excluding steroid dienone is 1. The van der Waals surface area contributed by atoms with Gasteiger partial charge in [0.15, 0.2) is 18.1 Å². The average Bonchev–Trinajstić information content (AvgIpc) is 3.41. The van der Waals surface area contributed by atoms with Gasteiger partial charge >= 0.3 is 0 Å². The van der Waals surface area contributed by atoms with Gasteiger partial charge in [0, 0.05) is 18.8 Å². The Morgan fingerprint density at radius 1 is 1.12 bits per heavy atom. The van der Waals surface area contributed by atoms with Gasteiger partial charge in [-0.1, -0.05) is 17.2 Å². The van der Waals surface area contributed by atoms with Gasteiger partial charge in [0.1, 0.15) is 11.8 Å². The minimum atomic E-state index is -0.706. The molecule has 1 atom stereocenters. The molecule has 0 radical (unpaired) electrons. The maximum atomic E-state index is 13.8. The van der Waals surface area contributed by atoms with Crippen LogP contribution in [0, 0.1) is 0 Å². The number of nitrogens with zero attached hydrogens (tertiary/aromatic N) is 5. The largest absolute Gasteiger partial charge is 0.493 e. The molecule has 1 aromatic heterocycles. The summed E-state index contributed by atoms with van der Waals surface area (Å²) < 4.78 is 19.3. The molecule has 0 spiro atoms. The first kappa shape index (κ1) is 28.9. The molecule has 1 aliphatic rings. The lowest BCUT2D eigenvalue weighted by Gasteiger charge is -2.29. The molecule has 13 heteroatoms. The van der Waals surface area contributed by atoms with E-state index in [0.717, 1.165) is 0 Å². The number of rotatable bonds is 11. The fourth-order valence-corrected chi connectivity index (χ4v) is 5.07. The summed E-state index contributed by atoms with van der Waals surface area (Å²) in [5.41, 5.74) is 2.17. The van der Waals surface area contributed by atoms with Crippen molar-refractivity contribution in [3.63, 3.8) is 0 Å². The van der Waals surface area contributed by atoms with E-state index in [9.17, 15) is 9.59 Å². The summed E-state index contributed by atoms with van der Waals surface area (Å²) in [6.45, 7) is 8.98. The van der Waals surface area contributed by atoms with E-state index in [2.05, 4.69) is 42.1 Å². The van der Waals surface area contributed by atoms with Crippen molar-refractivity contribution in [2.75, 3.05) is 44.0 Å². The maximum absolute atomic E-state index is 13.8. The van der Waals surface area contributed by atoms with Crippen LogP contribution in [0.15, 0.2) is 52.1 Å². The molecule has 0 aliphatic carbocycles. The van der Waals surface area contributed by atoms with E-state index >= 15 is 0 Å². The number of fused-ring (bicyclic) bond motifs is 1. The van der Waals surface area contributed by atoms with Crippen molar-refractivity contribution in [2.24, 2.45) is 0 Å². The van der Waals surface area contributed by atoms with Gasteiger partial charge in [-0.25, -0.2) is 0 Å². The molecule has 212 valence electrons. The predicted octanol–water partition coefficient (Wildman–Crippen LogP) is 4.02. The van der Waals surface area contributed by atoms with Crippen LogP contribution in [0.2, 0.25) is 0 Å². The van der Waals surface area contributed by atoms with Crippen LogP contribution in [0.3, 0.4) is 0 Å². The number of anilines is 2. The summed E-state index contributed by atoms with van der Waals surface area (Å²) in [5.74, 6) is 1.20. The number of para-hydroxylation sites is 2. The van der Waals surface area contributed by atoms with E-state index in [1.54, 1.807) is 36.1 Å². The molecule has 4 rings (SSSR count). The van der Waals surface area contributed by atoms with Gasteiger partial charge < -0.3 is 29.7 Å². The normalized spacial score (nSPS) is 14.2. The number of amides is 2. The SMILES string of the molecule is CCOc1ccccc1NC(=O)C1=C(C)Nc2nnnn2C1c1cc(Br)c(OCC(=O)N(CC)CC)c(OC)c1. The summed E-state index contributed by atoms with van der Waals surface area (Å²) in [5, 5.41) is 18.1. The van der Waals surface area contributed by atoms with E-state index in [0.29, 0.717) is 69.9 Å². The van der Waals surface area contributed by atoms with E-state index in [4.69, 9.17) is 14.2 Å². The number of benzene rings is 2. The summed E-state index contributed by atoms with van der Waals surface area (Å²) in [7, 11) is 1.51. The van der Waals surface area contributed by atoms with Crippen molar-refractivity contribution < 1.29 is 23.8 Å². The predicted molar refractivity (Wildman–Crippen MR) is 153 cm³/mol. The number of carbonyl (C=O) groups is 2. The minimum Gasteiger partial charge on any atom is -0.493 e. The number of methoxy groups -OCH3 is 1. The number of halogens is 1. The number of tetrazole rings is 1. The van der Waals surface area contributed by atoms with Crippen LogP contribution >= 0.6 is 15.9 Å². The fraction of sp³-hybridized carbons (Fsp3) is 0.370. The fourth-order valence-electron chi connectivity index (χ4n) is 4.49.